The highest BCUT2D eigenvalue weighted by molar-refractivity contribution is 5.75. The first kappa shape index (κ1) is 15.1. The summed E-state index contributed by atoms with van der Waals surface area (Å²) in [5.74, 6) is -0.333. The lowest BCUT2D eigenvalue weighted by Gasteiger charge is -2.08. The second kappa shape index (κ2) is 6.96. The van der Waals surface area contributed by atoms with E-state index >= 15 is 0 Å². The van der Waals surface area contributed by atoms with Crippen molar-refractivity contribution in [2.24, 2.45) is 0 Å². The molecule has 0 aliphatic rings. The number of aryl methyl sites for hydroxylation is 2. The number of hydrogen-bond acceptors (Lipinski definition) is 3. The number of alkyl halides is 2. The number of nitrogens with one attached hydrogen (secondary N) is 1. The van der Waals surface area contributed by atoms with E-state index in [0.717, 1.165) is 4.68 Å². The van der Waals surface area contributed by atoms with E-state index in [4.69, 9.17) is 0 Å². The largest absolute Gasteiger partial charge is 0.354 e. The lowest BCUT2D eigenvalue weighted by atomic mass is 10.4. The predicted molar refractivity (Wildman–Crippen MR) is 71.8 cm³/mol. The molecule has 21 heavy (non-hydrogen) atoms. The second-order valence-corrected chi connectivity index (χ2v) is 4.64. The maximum absolute atomic E-state index is 12.8. The molecule has 2 heterocycles. The summed E-state index contributed by atoms with van der Waals surface area (Å²) in [5.41, 5.74) is 0.232. The quantitative estimate of drug-likeness (QED) is 0.788. The van der Waals surface area contributed by atoms with Crippen molar-refractivity contribution in [3.05, 3.63) is 35.9 Å². The van der Waals surface area contributed by atoms with Gasteiger partial charge >= 0.3 is 0 Å². The minimum absolute atomic E-state index is 0.199. The first-order valence-corrected chi connectivity index (χ1v) is 6.63. The minimum atomic E-state index is -2.64. The summed E-state index contributed by atoms with van der Waals surface area (Å²) in [4.78, 5) is 11.7. The molecule has 2 aromatic heterocycles. The van der Waals surface area contributed by atoms with E-state index in [-0.39, 0.29) is 18.1 Å². The van der Waals surface area contributed by atoms with Gasteiger partial charge in [0.15, 0.2) is 0 Å². The van der Waals surface area contributed by atoms with Gasteiger partial charge in [0, 0.05) is 25.5 Å². The molecule has 0 unspecified atom stereocenters. The Morgan fingerprint density at radius 2 is 2.29 bits per heavy atom. The Hall–Kier alpha value is -2.25. The Labute approximate surface area is 120 Å². The molecule has 0 saturated carbocycles. The van der Waals surface area contributed by atoms with Gasteiger partial charge in [-0.2, -0.15) is 10.2 Å². The summed E-state index contributed by atoms with van der Waals surface area (Å²) < 4.78 is 28.3. The SMILES string of the molecule is Cc1cc(C(F)F)n(CC(=O)NCCCn2cccn2)n1. The monoisotopic (exact) mass is 297 g/mol. The van der Waals surface area contributed by atoms with Crippen molar-refractivity contribution in [3.8, 4) is 0 Å². The van der Waals surface area contributed by atoms with Gasteiger partial charge in [-0.25, -0.2) is 8.78 Å². The zero-order valence-corrected chi connectivity index (χ0v) is 11.7. The molecule has 6 nitrogen and oxygen atoms in total. The molecule has 1 N–H and O–H groups in total. The standard InChI is InChI=1S/C13H17F2N5O/c1-10-8-11(13(14)15)20(18-10)9-12(21)16-4-2-6-19-7-3-5-17-19/h3,5,7-8,13H,2,4,6,9H2,1H3,(H,16,21). The van der Waals surface area contributed by atoms with Crippen LogP contribution in [0.15, 0.2) is 24.5 Å². The third-order valence-corrected chi connectivity index (χ3v) is 2.90. The van der Waals surface area contributed by atoms with Crippen LogP contribution in [0.25, 0.3) is 0 Å². The van der Waals surface area contributed by atoms with Crippen LogP contribution in [0.3, 0.4) is 0 Å². The Morgan fingerprint density at radius 1 is 1.48 bits per heavy atom. The molecular formula is C13H17F2N5O. The van der Waals surface area contributed by atoms with Gasteiger partial charge in [0.1, 0.15) is 12.2 Å². The molecule has 2 rings (SSSR count). The fourth-order valence-electron chi connectivity index (χ4n) is 1.96. The molecule has 1 amide bonds. The van der Waals surface area contributed by atoms with Crippen molar-refractivity contribution < 1.29 is 13.6 Å². The molecular weight excluding hydrogens is 280 g/mol. The van der Waals surface area contributed by atoms with Gasteiger partial charge in [0.2, 0.25) is 5.91 Å². The molecule has 0 aliphatic heterocycles. The van der Waals surface area contributed by atoms with Crippen LogP contribution in [-0.2, 0) is 17.9 Å². The molecule has 114 valence electrons. The van der Waals surface area contributed by atoms with E-state index in [2.05, 4.69) is 15.5 Å². The molecule has 0 spiro atoms. The fraction of sp³-hybridized carbons (Fsp3) is 0.462. The van der Waals surface area contributed by atoms with Gasteiger partial charge < -0.3 is 5.32 Å². The lowest BCUT2D eigenvalue weighted by molar-refractivity contribution is -0.121. The molecule has 0 fully saturated rings. The van der Waals surface area contributed by atoms with Crippen molar-refractivity contribution in [3.63, 3.8) is 0 Å². The fourth-order valence-corrected chi connectivity index (χ4v) is 1.96. The number of nitrogens with zero attached hydrogens (tertiary/aromatic N) is 4. The molecule has 0 saturated heterocycles. The van der Waals surface area contributed by atoms with Gasteiger partial charge in [0.25, 0.3) is 6.43 Å². The number of hydrogen-bond donors (Lipinski definition) is 1. The number of carbonyl (C=O) groups is 1. The number of rotatable bonds is 7. The maximum Gasteiger partial charge on any atom is 0.280 e. The third kappa shape index (κ3) is 4.37. The minimum Gasteiger partial charge on any atom is -0.354 e. The Morgan fingerprint density at radius 3 is 2.95 bits per heavy atom. The van der Waals surface area contributed by atoms with Crippen molar-refractivity contribution in [1.29, 1.82) is 0 Å². The molecule has 0 atom stereocenters. The van der Waals surface area contributed by atoms with Gasteiger partial charge in [-0.3, -0.25) is 14.2 Å². The van der Waals surface area contributed by atoms with Crippen molar-refractivity contribution in [2.45, 2.75) is 32.9 Å². The Bertz CT molecular complexity index is 579. The average molecular weight is 297 g/mol. The predicted octanol–water partition coefficient (Wildman–Crippen LogP) is 1.53. The van der Waals surface area contributed by atoms with Crippen LogP contribution in [0.4, 0.5) is 8.78 Å². The van der Waals surface area contributed by atoms with Gasteiger partial charge in [0.05, 0.1) is 5.69 Å². The number of carbonyl (C=O) groups excluding carboxylic acids is 1. The highest BCUT2D eigenvalue weighted by Crippen LogP contribution is 2.19. The average Bonchev–Trinajstić information content (AvgIpc) is 3.04. The van der Waals surface area contributed by atoms with E-state index in [1.54, 1.807) is 17.8 Å². The second-order valence-electron chi connectivity index (χ2n) is 4.64. The normalized spacial score (nSPS) is 11.0. The molecule has 0 radical (unpaired) electrons. The maximum atomic E-state index is 12.8. The summed E-state index contributed by atoms with van der Waals surface area (Å²) in [7, 11) is 0. The number of halogens is 2. The highest BCUT2D eigenvalue weighted by atomic mass is 19.3. The molecule has 0 aliphatic carbocycles. The summed E-state index contributed by atoms with van der Waals surface area (Å²) >= 11 is 0. The van der Waals surface area contributed by atoms with Crippen molar-refractivity contribution >= 4 is 5.91 Å². The highest BCUT2D eigenvalue weighted by Gasteiger charge is 2.16. The van der Waals surface area contributed by atoms with Crippen LogP contribution < -0.4 is 5.32 Å². The van der Waals surface area contributed by atoms with Crippen LogP contribution in [0.5, 0.6) is 0 Å². The van der Waals surface area contributed by atoms with Gasteiger partial charge in [-0.05, 0) is 25.5 Å². The Balaban J connectivity index is 1.76. The van der Waals surface area contributed by atoms with Crippen molar-refractivity contribution in [1.82, 2.24) is 24.9 Å². The number of amides is 1. The molecule has 8 heteroatoms. The first-order valence-electron chi connectivity index (χ1n) is 6.63. The van der Waals surface area contributed by atoms with Crippen molar-refractivity contribution in [2.75, 3.05) is 6.54 Å². The first-order chi connectivity index (χ1) is 10.1. The Kier molecular flexibility index (Phi) is 5.02. The third-order valence-electron chi connectivity index (χ3n) is 2.90. The van der Waals surface area contributed by atoms with E-state index in [9.17, 15) is 13.6 Å². The smallest absolute Gasteiger partial charge is 0.280 e. The summed E-state index contributed by atoms with van der Waals surface area (Å²) in [6, 6.07) is 3.11. The van der Waals surface area contributed by atoms with E-state index < -0.39 is 6.43 Å². The zero-order chi connectivity index (χ0) is 15.2. The van der Waals surface area contributed by atoms with Crippen LogP contribution in [0, 0.1) is 6.92 Å². The number of aromatic nitrogens is 4. The lowest BCUT2D eigenvalue weighted by Crippen LogP contribution is -2.30. The van der Waals surface area contributed by atoms with Gasteiger partial charge in [-0.1, -0.05) is 0 Å². The van der Waals surface area contributed by atoms with Gasteiger partial charge in [-0.15, -0.1) is 0 Å². The molecule has 2 aromatic rings. The zero-order valence-electron chi connectivity index (χ0n) is 11.7. The van der Waals surface area contributed by atoms with E-state index in [1.165, 1.54) is 6.07 Å². The van der Waals surface area contributed by atoms with Crippen LogP contribution >= 0.6 is 0 Å². The van der Waals surface area contributed by atoms with Crippen LogP contribution in [0.2, 0.25) is 0 Å². The molecule has 0 aromatic carbocycles. The van der Waals surface area contributed by atoms with E-state index in [0.29, 0.717) is 25.2 Å². The summed E-state index contributed by atoms with van der Waals surface area (Å²) in [6.07, 6.45) is 1.60. The van der Waals surface area contributed by atoms with Crippen LogP contribution in [0.1, 0.15) is 24.2 Å². The van der Waals surface area contributed by atoms with Crippen LogP contribution in [-0.4, -0.2) is 32.0 Å². The van der Waals surface area contributed by atoms with E-state index in [1.807, 2.05) is 12.3 Å². The summed E-state index contributed by atoms with van der Waals surface area (Å²) in [6.45, 7) is 2.57. The summed E-state index contributed by atoms with van der Waals surface area (Å²) in [5, 5.41) is 10.6. The topological polar surface area (TPSA) is 64.7 Å². The molecule has 0 bridgehead atoms.